The van der Waals surface area contributed by atoms with Crippen LogP contribution in [0.1, 0.15) is 11.3 Å². The topological polar surface area (TPSA) is 95.3 Å². The molecule has 0 unspecified atom stereocenters. The second kappa shape index (κ2) is 7.38. The molecule has 0 fully saturated rings. The quantitative estimate of drug-likeness (QED) is 0.515. The van der Waals surface area contributed by atoms with Crippen LogP contribution >= 0.6 is 0 Å². The van der Waals surface area contributed by atoms with E-state index in [2.05, 4.69) is 9.72 Å². The van der Waals surface area contributed by atoms with Crippen LogP contribution in [0.5, 0.6) is 11.6 Å². The summed E-state index contributed by atoms with van der Waals surface area (Å²) in [6.07, 6.45) is -4.82. The average molecular weight is 430 g/mol. The molecule has 10 heteroatoms. The molecule has 160 valence electrons. The van der Waals surface area contributed by atoms with E-state index in [1.165, 1.54) is 16.7 Å². The Balaban J connectivity index is 1.75. The van der Waals surface area contributed by atoms with Crippen LogP contribution in [-0.4, -0.2) is 25.6 Å². The van der Waals surface area contributed by atoms with Crippen LogP contribution < -0.4 is 16.2 Å². The molecule has 2 aromatic carbocycles. The number of hydrogen-bond donors (Lipinski definition) is 2. The van der Waals surface area contributed by atoms with Gasteiger partial charge in [0.2, 0.25) is 5.88 Å². The fourth-order valence-corrected chi connectivity index (χ4v) is 3.42. The number of fused-ring (bicyclic) bond motifs is 1. The number of nitrogens with zero attached hydrogens (tertiary/aromatic N) is 3. The molecule has 0 amide bonds. The van der Waals surface area contributed by atoms with Gasteiger partial charge in [-0.25, -0.2) is 14.3 Å². The van der Waals surface area contributed by atoms with Crippen LogP contribution in [0.25, 0.3) is 16.6 Å². The molecule has 31 heavy (non-hydrogen) atoms. The van der Waals surface area contributed by atoms with E-state index in [4.69, 9.17) is 5.73 Å². The zero-order valence-corrected chi connectivity index (χ0v) is 16.2. The number of nitrogens with two attached hydrogens (primary N) is 1. The summed E-state index contributed by atoms with van der Waals surface area (Å²) in [7, 11) is 0. The molecular weight excluding hydrogens is 413 g/mol. The van der Waals surface area contributed by atoms with Crippen molar-refractivity contribution >= 4 is 16.7 Å². The largest absolute Gasteiger partial charge is 0.573 e. The van der Waals surface area contributed by atoms with Crippen molar-refractivity contribution in [2.24, 2.45) is 0 Å². The first-order valence-corrected chi connectivity index (χ1v) is 9.15. The van der Waals surface area contributed by atoms with Gasteiger partial charge in [-0.05, 0) is 48.9 Å². The summed E-state index contributed by atoms with van der Waals surface area (Å²) in [6, 6.07) is 13.6. The van der Waals surface area contributed by atoms with Crippen molar-refractivity contribution in [1.29, 1.82) is 0 Å². The zero-order chi connectivity index (χ0) is 22.3. The number of pyridine rings is 1. The Kier molecular flexibility index (Phi) is 4.84. The predicted molar refractivity (Wildman–Crippen MR) is 108 cm³/mol. The van der Waals surface area contributed by atoms with Gasteiger partial charge in [0.15, 0.2) is 0 Å². The summed E-state index contributed by atoms with van der Waals surface area (Å²) < 4.78 is 43.3. The summed E-state index contributed by atoms with van der Waals surface area (Å²) in [5, 5.41) is 11.4. The number of alkyl halides is 3. The first-order valence-electron chi connectivity index (χ1n) is 9.15. The molecule has 4 rings (SSSR count). The minimum absolute atomic E-state index is 0.119. The lowest BCUT2D eigenvalue weighted by Gasteiger charge is -2.10. The summed E-state index contributed by atoms with van der Waals surface area (Å²) in [6.45, 7) is 1.69. The van der Waals surface area contributed by atoms with E-state index in [0.29, 0.717) is 17.0 Å². The second-order valence-corrected chi connectivity index (χ2v) is 6.88. The van der Waals surface area contributed by atoms with Crippen LogP contribution in [0.2, 0.25) is 0 Å². The summed E-state index contributed by atoms with van der Waals surface area (Å²) in [5.41, 5.74) is 7.23. The molecule has 0 bridgehead atoms. The third-order valence-electron chi connectivity index (χ3n) is 4.84. The third-order valence-corrected chi connectivity index (χ3v) is 4.84. The number of anilines is 1. The van der Waals surface area contributed by atoms with Gasteiger partial charge < -0.3 is 15.6 Å². The Morgan fingerprint density at radius 3 is 2.48 bits per heavy atom. The molecule has 0 spiro atoms. The van der Waals surface area contributed by atoms with Crippen LogP contribution in [-0.2, 0) is 6.54 Å². The number of imidazole rings is 1. The highest BCUT2D eigenvalue weighted by Gasteiger charge is 2.31. The van der Waals surface area contributed by atoms with Gasteiger partial charge in [-0.3, -0.25) is 4.57 Å². The maximum Gasteiger partial charge on any atom is 0.573 e. The van der Waals surface area contributed by atoms with Gasteiger partial charge in [0, 0.05) is 5.39 Å². The summed E-state index contributed by atoms with van der Waals surface area (Å²) in [5.74, 6) is -0.456. The van der Waals surface area contributed by atoms with E-state index in [1.807, 2.05) is 18.2 Å². The van der Waals surface area contributed by atoms with E-state index >= 15 is 0 Å². The number of aromatic hydroxyl groups is 1. The number of benzene rings is 2. The minimum Gasteiger partial charge on any atom is -0.493 e. The number of ether oxygens (including phenoxy) is 1. The molecule has 3 N–H and O–H groups in total. The van der Waals surface area contributed by atoms with Gasteiger partial charge in [-0.15, -0.1) is 13.2 Å². The number of rotatable bonds is 4. The second-order valence-electron chi connectivity index (χ2n) is 6.88. The van der Waals surface area contributed by atoms with Crippen molar-refractivity contribution in [2.45, 2.75) is 19.8 Å². The maximum absolute atomic E-state index is 13.1. The minimum atomic E-state index is -4.82. The van der Waals surface area contributed by atoms with Gasteiger partial charge in [0.25, 0.3) is 0 Å². The maximum atomic E-state index is 13.1. The first kappa shape index (κ1) is 20.3. The van der Waals surface area contributed by atoms with E-state index in [9.17, 15) is 23.1 Å². The zero-order valence-electron chi connectivity index (χ0n) is 16.2. The van der Waals surface area contributed by atoms with Gasteiger partial charge in [0.1, 0.15) is 11.6 Å². The lowest BCUT2D eigenvalue weighted by molar-refractivity contribution is -0.274. The number of halogens is 3. The lowest BCUT2D eigenvalue weighted by Crippen LogP contribution is -2.24. The van der Waals surface area contributed by atoms with E-state index in [1.54, 1.807) is 19.1 Å². The molecule has 7 nitrogen and oxygen atoms in total. The van der Waals surface area contributed by atoms with Crippen molar-refractivity contribution < 1.29 is 23.0 Å². The van der Waals surface area contributed by atoms with Crippen LogP contribution in [0.3, 0.4) is 0 Å². The van der Waals surface area contributed by atoms with Crippen molar-refractivity contribution in [1.82, 2.24) is 14.1 Å². The number of nitrogen functional groups attached to an aromatic ring is 1. The Labute approximate surface area is 173 Å². The van der Waals surface area contributed by atoms with Crippen LogP contribution in [0, 0.1) is 6.92 Å². The average Bonchev–Trinajstić information content (AvgIpc) is 2.91. The number of hydrogen-bond acceptors (Lipinski definition) is 5. The Bertz CT molecular complexity index is 1320. The Morgan fingerprint density at radius 1 is 1.13 bits per heavy atom. The van der Waals surface area contributed by atoms with E-state index in [-0.39, 0.29) is 18.1 Å². The van der Waals surface area contributed by atoms with Gasteiger partial charge in [-0.1, -0.05) is 18.2 Å². The summed E-state index contributed by atoms with van der Waals surface area (Å²) >= 11 is 0. The highest BCUT2D eigenvalue weighted by Crippen LogP contribution is 2.27. The van der Waals surface area contributed by atoms with Crippen LogP contribution in [0.15, 0.2) is 59.4 Å². The first-order chi connectivity index (χ1) is 14.6. The predicted octanol–water partition coefficient (Wildman–Crippen LogP) is 3.73. The normalized spacial score (nSPS) is 11.7. The molecule has 0 aliphatic carbocycles. The van der Waals surface area contributed by atoms with Crippen molar-refractivity contribution in [3.8, 4) is 17.3 Å². The highest BCUT2D eigenvalue weighted by atomic mass is 19.4. The van der Waals surface area contributed by atoms with Crippen molar-refractivity contribution in [3.63, 3.8) is 0 Å². The van der Waals surface area contributed by atoms with Gasteiger partial charge in [-0.2, -0.15) is 0 Å². The monoisotopic (exact) mass is 430 g/mol. The fraction of sp³-hybridized carbons (Fsp3) is 0.143. The highest BCUT2D eigenvalue weighted by molar-refractivity contribution is 5.83. The molecule has 4 aromatic rings. The Hall–Kier alpha value is -3.95. The smallest absolute Gasteiger partial charge is 0.493 e. The van der Waals surface area contributed by atoms with E-state index in [0.717, 1.165) is 27.6 Å². The van der Waals surface area contributed by atoms with Gasteiger partial charge in [0.05, 0.1) is 23.4 Å². The standard InChI is InChI=1S/C21H17F3N4O3/c1-12-19(29)28(14-6-8-15(9-7-14)31-21(22,23)24)20(30)27(12)11-13-10-18(25)26-17-5-3-2-4-16(13)17/h2-10,29H,11H2,1H3,(H2,25,26). The number of aromatic nitrogens is 3. The molecule has 2 heterocycles. The molecule has 0 atom stereocenters. The lowest BCUT2D eigenvalue weighted by atomic mass is 10.1. The molecule has 0 saturated carbocycles. The Morgan fingerprint density at radius 2 is 1.81 bits per heavy atom. The fourth-order valence-electron chi connectivity index (χ4n) is 3.42. The molecule has 0 aliphatic rings. The van der Waals surface area contributed by atoms with Crippen molar-refractivity contribution in [3.05, 3.63) is 76.3 Å². The van der Waals surface area contributed by atoms with Gasteiger partial charge >= 0.3 is 12.1 Å². The SMILES string of the molecule is Cc1c(O)n(-c2ccc(OC(F)(F)F)cc2)c(=O)n1Cc1cc(N)nc2ccccc12. The molecule has 0 aliphatic heterocycles. The molecule has 2 aromatic heterocycles. The molecule has 0 radical (unpaired) electrons. The number of para-hydroxylation sites is 1. The third kappa shape index (κ3) is 3.91. The summed E-state index contributed by atoms with van der Waals surface area (Å²) in [4.78, 5) is 17.3. The molecular formula is C21H17F3N4O3. The van der Waals surface area contributed by atoms with Crippen molar-refractivity contribution in [2.75, 3.05) is 5.73 Å². The van der Waals surface area contributed by atoms with E-state index < -0.39 is 17.8 Å². The van der Waals surface area contributed by atoms with Crippen LogP contribution in [0.4, 0.5) is 19.0 Å². The molecule has 0 saturated heterocycles.